The van der Waals surface area contributed by atoms with Gasteiger partial charge >= 0.3 is 0 Å². The summed E-state index contributed by atoms with van der Waals surface area (Å²) in [5.41, 5.74) is 7.38. The van der Waals surface area contributed by atoms with Crippen LogP contribution in [-0.4, -0.2) is 10.3 Å². The Morgan fingerprint density at radius 2 is 2.45 bits per heavy atom. The molecule has 2 nitrogen and oxygen atoms in total. The van der Waals surface area contributed by atoms with E-state index in [0.717, 1.165) is 16.6 Å². The smallest absolute Gasteiger partial charge is 0.0418 e. The first-order chi connectivity index (χ1) is 5.34. The molecule has 0 saturated carbocycles. The number of allylic oxidation sites excluding steroid dienone is 1. The zero-order valence-electron chi connectivity index (χ0n) is 6.00. The highest BCUT2D eigenvalue weighted by molar-refractivity contribution is 9.09. The van der Waals surface area contributed by atoms with Crippen LogP contribution in [-0.2, 0) is 0 Å². The maximum absolute atomic E-state index is 5.65. The van der Waals surface area contributed by atoms with Crippen molar-refractivity contribution in [1.29, 1.82) is 0 Å². The number of rotatable bonds is 2. The van der Waals surface area contributed by atoms with Crippen molar-refractivity contribution in [2.24, 2.45) is 0 Å². The normalized spacial score (nSPS) is 10.6. The monoisotopic (exact) mass is 212 g/mol. The molecule has 0 aromatic carbocycles. The maximum atomic E-state index is 5.65. The number of hydrogen-bond acceptors (Lipinski definition) is 2. The average Bonchev–Trinajstić information content (AvgIpc) is 2.03. The molecule has 58 valence electrons. The minimum Gasteiger partial charge on any atom is -0.398 e. The molecule has 0 unspecified atom stereocenters. The van der Waals surface area contributed by atoms with Crippen LogP contribution in [0.2, 0.25) is 0 Å². The molecule has 1 rings (SSSR count). The van der Waals surface area contributed by atoms with Crippen molar-refractivity contribution in [2.45, 2.75) is 0 Å². The van der Waals surface area contributed by atoms with Gasteiger partial charge in [0.25, 0.3) is 0 Å². The van der Waals surface area contributed by atoms with E-state index in [2.05, 4.69) is 20.9 Å². The quantitative estimate of drug-likeness (QED) is 0.763. The molecular formula is C8H9BrN2. The summed E-state index contributed by atoms with van der Waals surface area (Å²) in [6.07, 6.45) is 7.35. The van der Waals surface area contributed by atoms with E-state index in [9.17, 15) is 0 Å². The van der Waals surface area contributed by atoms with Crippen LogP contribution in [0.15, 0.2) is 24.5 Å². The lowest BCUT2D eigenvalue weighted by Crippen LogP contribution is -1.88. The molecule has 0 saturated heterocycles. The molecule has 1 aromatic rings. The van der Waals surface area contributed by atoms with Gasteiger partial charge in [0.15, 0.2) is 0 Å². The number of nitrogen functional groups attached to an aromatic ring is 1. The standard InChI is InChI=1S/C8H9BrN2/c9-4-1-2-7-6-11-5-3-8(7)10/h1-3,5-6H,4H2,(H2,10,11). The molecule has 0 bridgehead atoms. The number of anilines is 1. The van der Waals surface area contributed by atoms with Crippen LogP contribution >= 0.6 is 15.9 Å². The van der Waals surface area contributed by atoms with Crippen LogP contribution in [0.3, 0.4) is 0 Å². The largest absolute Gasteiger partial charge is 0.398 e. The zero-order chi connectivity index (χ0) is 8.10. The van der Waals surface area contributed by atoms with Crippen molar-refractivity contribution in [1.82, 2.24) is 4.98 Å². The summed E-state index contributed by atoms with van der Waals surface area (Å²) < 4.78 is 0. The van der Waals surface area contributed by atoms with E-state index in [-0.39, 0.29) is 0 Å². The van der Waals surface area contributed by atoms with E-state index in [1.165, 1.54) is 0 Å². The number of nitrogens with zero attached hydrogens (tertiary/aromatic N) is 1. The van der Waals surface area contributed by atoms with Gasteiger partial charge in [-0.3, -0.25) is 4.98 Å². The minimum absolute atomic E-state index is 0.761. The van der Waals surface area contributed by atoms with E-state index in [0.29, 0.717) is 0 Å². The van der Waals surface area contributed by atoms with Gasteiger partial charge in [0.1, 0.15) is 0 Å². The Morgan fingerprint density at radius 1 is 1.64 bits per heavy atom. The van der Waals surface area contributed by atoms with Crippen LogP contribution in [0.25, 0.3) is 6.08 Å². The Hall–Kier alpha value is -0.830. The van der Waals surface area contributed by atoms with Crippen molar-refractivity contribution < 1.29 is 0 Å². The third-order valence-corrected chi connectivity index (χ3v) is 1.65. The molecule has 0 radical (unpaired) electrons. The highest BCUT2D eigenvalue weighted by Gasteiger charge is 1.90. The number of pyridine rings is 1. The molecule has 1 heterocycles. The number of alkyl halides is 1. The van der Waals surface area contributed by atoms with Crippen molar-refractivity contribution in [3.63, 3.8) is 0 Å². The average molecular weight is 213 g/mol. The summed E-state index contributed by atoms with van der Waals surface area (Å²) in [5.74, 6) is 0. The van der Waals surface area contributed by atoms with E-state index in [1.54, 1.807) is 18.5 Å². The fraction of sp³-hybridized carbons (Fsp3) is 0.125. The van der Waals surface area contributed by atoms with Crippen molar-refractivity contribution >= 4 is 27.7 Å². The number of aromatic nitrogens is 1. The third kappa shape index (κ3) is 2.35. The number of hydrogen-bond donors (Lipinski definition) is 1. The van der Waals surface area contributed by atoms with Gasteiger partial charge in [0, 0.05) is 29.0 Å². The Bertz CT molecular complexity index is 258. The minimum atomic E-state index is 0.761. The van der Waals surface area contributed by atoms with Gasteiger partial charge in [0.05, 0.1) is 0 Å². The first-order valence-corrected chi connectivity index (χ1v) is 4.38. The summed E-state index contributed by atoms with van der Waals surface area (Å²) in [6, 6.07) is 1.79. The summed E-state index contributed by atoms with van der Waals surface area (Å²) in [5, 5.41) is 0.835. The summed E-state index contributed by atoms with van der Waals surface area (Å²) in [7, 11) is 0. The van der Waals surface area contributed by atoms with E-state index >= 15 is 0 Å². The summed E-state index contributed by atoms with van der Waals surface area (Å²) in [6.45, 7) is 0. The van der Waals surface area contributed by atoms with E-state index < -0.39 is 0 Å². The van der Waals surface area contributed by atoms with Gasteiger partial charge in [-0.25, -0.2) is 0 Å². The highest BCUT2D eigenvalue weighted by Crippen LogP contribution is 2.10. The fourth-order valence-corrected chi connectivity index (χ4v) is 0.915. The molecule has 0 aliphatic rings. The molecule has 3 heteroatoms. The van der Waals surface area contributed by atoms with Crippen molar-refractivity contribution in [3.05, 3.63) is 30.1 Å². The molecule has 0 spiro atoms. The van der Waals surface area contributed by atoms with Crippen molar-refractivity contribution in [2.75, 3.05) is 11.1 Å². The predicted molar refractivity (Wildman–Crippen MR) is 51.5 cm³/mol. The Balaban J connectivity index is 2.86. The molecule has 0 aliphatic heterocycles. The Morgan fingerprint density at radius 3 is 3.09 bits per heavy atom. The molecule has 0 aliphatic carbocycles. The van der Waals surface area contributed by atoms with Gasteiger partial charge in [-0.15, -0.1) is 0 Å². The van der Waals surface area contributed by atoms with Crippen LogP contribution < -0.4 is 5.73 Å². The first-order valence-electron chi connectivity index (χ1n) is 3.26. The summed E-state index contributed by atoms with van der Waals surface area (Å²) >= 11 is 3.28. The lowest BCUT2D eigenvalue weighted by molar-refractivity contribution is 1.32. The SMILES string of the molecule is Nc1ccncc1C=CCBr. The van der Waals surface area contributed by atoms with E-state index in [1.807, 2.05) is 12.2 Å². The molecule has 0 atom stereocenters. The summed E-state index contributed by atoms with van der Waals surface area (Å²) in [4.78, 5) is 3.95. The molecule has 11 heavy (non-hydrogen) atoms. The van der Waals surface area contributed by atoms with Crippen molar-refractivity contribution in [3.8, 4) is 0 Å². The molecular weight excluding hydrogens is 204 g/mol. The van der Waals surface area contributed by atoms with Crippen LogP contribution in [0, 0.1) is 0 Å². The topological polar surface area (TPSA) is 38.9 Å². The lowest BCUT2D eigenvalue weighted by Gasteiger charge is -1.96. The molecule has 2 N–H and O–H groups in total. The first kappa shape index (κ1) is 8.27. The third-order valence-electron chi connectivity index (χ3n) is 1.27. The second-order valence-electron chi connectivity index (χ2n) is 2.06. The zero-order valence-corrected chi connectivity index (χ0v) is 7.58. The van der Waals surface area contributed by atoms with Gasteiger partial charge in [-0.1, -0.05) is 28.1 Å². The lowest BCUT2D eigenvalue weighted by atomic mass is 10.2. The van der Waals surface area contributed by atoms with Gasteiger partial charge in [-0.05, 0) is 6.07 Å². The second kappa shape index (κ2) is 4.13. The van der Waals surface area contributed by atoms with Gasteiger partial charge in [0.2, 0.25) is 0 Å². The molecule has 0 fully saturated rings. The van der Waals surface area contributed by atoms with Crippen LogP contribution in [0.4, 0.5) is 5.69 Å². The second-order valence-corrected chi connectivity index (χ2v) is 2.71. The van der Waals surface area contributed by atoms with Crippen LogP contribution in [0.5, 0.6) is 0 Å². The Labute approximate surface area is 74.3 Å². The fourth-order valence-electron chi connectivity index (χ4n) is 0.728. The number of halogens is 1. The van der Waals surface area contributed by atoms with Gasteiger partial charge < -0.3 is 5.73 Å². The highest BCUT2D eigenvalue weighted by atomic mass is 79.9. The maximum Gasteiger partial charge on any atom is 0.0418 e. The predicted octanol–water partition coefficient (Wildman–Crippen LogP) is 2.07. The molecule has 1 aromatic heterocycles. The molecule has 0 amide bonds. The van der Waals surface area contributed by atoms with Gasteiger partial charge in [-0.2, -0.15) is 0 Å². The van der Waals surface area contributed by atoms with Crippen LogP contribution in [0.1, 0.15) is 5.56 Å². The van der Waals surface area contributed by atoms with E-state index in [4.69, 9.17) is 5.73 Å². The number of nitrogens with two attached hydrogens (primary N) is 1. The Kier molecular flexibility index (Phi) is 3.11.